The van der Waals surface area contributed by atoms with Crippen LogP contribution in [0.5, 0.6) is 0 Å². The lowest BCUT2D eigenvalue weighted by molar-refractivity contribution is -0.132. The van der Waals surface area contributed by atoms with Gasteiger partial charge in [0, 0.05) is 35.9 Å². The Labute approximate surface area is 130 Å². The van der Waals surface area contributed by atoms with Crippen molar-refractivity contribution < 1.29 is 19.5 Å². The number of benzene rings is 1. The van der Waals surface area contributed by atoms with Crippen molar-refractivity contribution in [2.75, 3.05) is 18.9 Å². The maximum absolute atomic E-state index is 12.4. The summed E-state index contributed by atoms with van der Waals surface area (Å²) in [6, 6.07) is 4.87. The Balaban J connectivity index is 1.85. The van der Waals surface area contributed by atoms with E-state index in [0.717, 1.165) is 27.1 Å². The maximum atomic E-state index is 12.4. The summed E-state index contributed by atoms with van der Waals surface area (Å²) in [6.45, 7) is 0.801. The molecular weight excluding hydrogens is 300 g/mol. The van der Waals surface area contributed by atoms with Crippen LogP contribution in [0.4, 0.5) is 15.3 Å². The van der Waals surface area contributed by atoms with Crippen LogP contribution in [0.3, 0.4) is 0 Å². The number of H-pyrrole nitrogens is 1. The van der Waals surface area contributed by atoms with Crippen molar-refractivity contribution in [1.82, 2.24) is 14.8 Å². The molecule has 23 heavy (non-hydrogen) atoms. The van der Waals surface area contributed by atoms with Gasteiger partial charge >= 0.3 is 12.1 Å². The van der Waals surface area contributed by atoms with Gasteiger partial charge in [-0.15, -0.1) is 0 Å². The molecule has 3 heterocycles. The van der Waals surface area contributed by atoms with E-state index in [1.54, 1.807) is 23.1 Å². The van der Waals surface area contributed by atoms with Gasteiger partial charge in [0.1, 0.15) is 0 Å². The molecule has 118 valence electrons. The van der Waals surface area contributed by atoms with Crippen molar-refractivity contribution in [3.63, 3.8) is 0 Å². The number of nitrogens with one attached hydrogen (secondary N) is 2. The number of carbonyl (C=O) groups is 3. The third-order valence-electron chi connectivity index (χ3n) is 4.46. The summed E-state index contributed by atoms with van der Waals surface area (Å²) in [5.41, 5.74) is 2.94. The summed E-state index contributed by atoms with van der Waals surface area (Å²) < 4.78 is 0. The van der Waals surface area contributed by atoms with Gasteiger partial charge in [0.15, 0.2) is 0 Å². The molecule has 4 amide bonds. The number of hydrogen-bond acceptors (Lipinski definition) is 3. The number of aromatic amines is 1. The van der Waals surface area contributed by atoms with Gasteiger partial charge in [-0.25, -0.2) is 9.59 Å². The molecule has 8 heteroatoms. The number of carbonyl (C=O) groups excluding carboxylic acids is 2. The molecule has 1 unspecified atom stereocenters. The fraction of sp³-hybridized carbons (Fsp3) is 0.267. The summed E-state index contributed by atoms with van der Waals surface area (Å²) >= 11 is 0. The van der Waals surface area contributed by atoms with E-state index in [2.05, 4.69) is 10.3 Å². The Morgan fingerprint density at radius 2 is 2.17 bits per heavy atom. The van der Waals surface area contributed by atoms with Gasteiger partial charge < -0.3 is 15.0 Å². The Morgan fingerprint density at radius 3 is 2.91 bits per heavy atom. The Bertz CT molecular complexity index is 872. The molecule has 0 aliphatic carbocycles. The SMILES string of the molecule is CN1C(=O)C2CN(Cc3[nH]c4cc(NC(=O)O)ccc4c32)C1=O. The van der Waals surface area contributed by atoms with E-state index in [4.69, 9.17) is 5.11 Å². The van der Waals surface area contributed by atoms with Crippen LogP contribution in [0.2, 0.25) is 0 Å². The van der Waals surface area contributed by atoms with Crippen LogP contribution in [-0.4, -0.2) is 51.5 Å². The zero-order chi connectivity index (χ0) is 16.3. The topological polar surface area (TPSA) is 106 Å². The quantitative estimate of drug-likeness (QED) is 0.745. The van der Waals surface area contributed by atoms with Crippen molar-refractivity contribution >= 4 is 34.6 Å². The van der Waals surface area contributed by atoms with Crippen LogP contribution in [0.15, 0.2) is 18.2 Å². The Kier molecular flexibility index (Phi) is 2.65. The smallest absolute Gasteiger partial charge is 0.409 e. The van der Waals surface area contributed by atoms with E-state index in [1.807, 2.05) is 0 Å². The lowest BCUT2D eigenvalue weighted by Gasteiger charge is -2.40. The highest BCUT2D eigenvalue weighted by molar-refractivity contribution is 6.04. The van der Waals surface area contributed by atoms with Crippen LogP contribution in [0.25, 0.3) is 10.9 Å². The number of rotatable bonds is 1. The number of nitrogens with zero attached hydrogens (tertiary/aromatic N) is 2. The van der Waals surface area contributed by atoms with Crippen LogP contribution in [0.1, 0.15) is 17.2 Å². The largest absolute Gasteiger partial charge is 0.465 e. The van der Waals surface area contributed by atoms with Gasteiger partial charge in [-0.1, -0.05) is 6.07 Å². The van der Waals surface area contributed by atoms with Crippen LogP contribution in [0, 0.1) is 0 Å². The van der Waals surface area contributed by atoms with Crippen LogP contribution >= 0.6 is 0 Å². The number of amides is 4. The van der Waals surface area contributed by atoms with Crippen molar-refractivity contribution in [3.8, 4) is 0 Å². The normalized spacial score (nSPS) is 20.0. The molecule has 0 saturated carbocycles. The van der Waals surface area contributed by atoms with E-state index in [0.29, 0.717) is 18.8 Å². The second-order valence-corrected chi connectivity index (χ2v) is 5.82. The van der Waals surface area contributed by atoms with Gasteiger partial charge in [-0.2, -0.15) is 0 Å². The molecule has 4 rings (SSSR count). The average Bonchev–Trinajstić information content (AvgIpc) is 2.87. The number of likely N-dealkylation sites (N-methyl/N-ethyl adjacent to an activating group) is 1. The molecule has 1 aromatic heterocycles. The molecule has 8 nitrogen and oxygen atoms in total. The molecule has 2 aromatic rings. The average molecular weight is 314 g/mol. The fourth-order valence-electron chi connectivity index (χ4n) is 3.45. The minimum atomic E-state index is -1.13. The van der Waals surface area contributed by atoms with Crippen LogP contribution in [-0.2, 0) is 11.3 Å². The van der Waals surface area contributed by atoms with Gasteiger partial charge in [-0.3, -0.25) is 15.0 Å². The predicted molar refractivity (Wildman–Crippen MR) is 81.3 cm³/mol. The molecule has 1 atom stereocenters. The first-order valence-electron chi connectivity index (χ1n) is 7.16. The Morgan fingerprint density at radius 1 is 1.39 bits per heavy atom. The van der Waals surface area contributed by atoms with Crippen molar-refractivity contribution in [2.45, 2.75) is 12.5 Å². The molecule has 2 aliphatic rings. The molecule has 0 radical (unpaired) electrons. The number of hydrogen-bond donors (Lipinski definition) is 3. The van der Waals surface area contributed by atoms with Gasteiger partial charge in [-0.05, 0) is 17.7 Å². The summed E-state index contributed by atoms with van der Waals surface area (Å²) in [6.07, 6.45) is -1.13. The third-order valence-corrected chi connectivity index (χ3v) is 4.46. The second kappa shape index (κ2) is 4.48. The number of anilines is 1. The van der Waals surface area contributed by atoms with Gasteiger partial charge in [0.05, 0.1) is 12.5 Å². The van der Waals surface area contributed by atoms with E-state index >= 15 is 0 Å². The molecule has 2 bridgehead atoms. The van der Waals surface area contributed by atoms with Gasteiger partial charge in [0.25, 0.3) is 0 Å². The number of imide groups is 1. The molecule has 1 saturated heterocycles. The highest BCUT2D eigenvalue weighted by Gasteiger charge is 2.43. The highest BCUT2D eigenvalue weighted by Crippen LogP contribution is 2.39. The predicted octanol–water partition coefficient (Wildman–Crippen LogP) is 1.75. The summed E-state index contributed by atoms with van der Waals surface area (Å²) in [4.78, 5) is 41.3. The zero-order valence-electron chi connectivity index (χ0n) is 12.3. The Hall–Kier alpha value is -3.03. The standard InChI is InChI=1S/C15H14N4O4/c1-18-13(20)9-5-19(15(18)23)6-11-12(9)8-3-2-7(16-14(21)22)4-10(8)17-11/h2-4,9,16-17H,5-6H2,1H3,(H,21,22). The summed E-state index contributed by atoms with van der Waals surface area (Å²) in [7, 11) is 1.50. The maximum Gasteiger partial charge on any atom is 0.409 e. The lowest BCUT2D eigenvalue weighted by Crippen LogP contribution is -2.55. The number of urea groups is 1. The van der Waals surface area contributed by atoms with Crippen LogP contribution < -0.4 is 5.32 Å². The fourth-order valence-corrected chi connectivity index (χ4v) is 3.45. The summed E-state index contributed by atoms with van der Waals surface area (Å²) in [5, 5.41) is 12.0. The van der Waals surface area contributed by atoms with Crippen molar-refractivity contribution in [2.24, 2.45) is 0 Å². The van der Waals surface area contributed by atoms with E-state index in [-0.39, 0.29) is 17.9 Å². The van der Waals surface area contributed by atoms with Gasteiger partial charge in [0.2, 0.25) is 5.91 Å². The number of carboxylic acid groups (broad SMARTS) is 1. The zero-order valence-corrected chi connectivity index (χ0v) is 12.3. The molecule has 2 aliphatic heterocycles. The second-order valence-electron chi connectivity index (χ2n) is 5.82. The minimum Gasteiger partial charge on any atom is -0.465 e. The minimum absolute atomic E-state index is 0.208. The monoisotopic (exact) mass is 314 g/mol. The van der Waals surface area contributed by atoms with E-state index < -0.39 is 6.09 Å². The van der Waals surface area contributed by atoms with Crippen molar-refractivity contribution in [1.29, 1.82) is 0 Å². The van der Waals surface area contributed by atoms with E-state index in [9.17, 15) is 14.4 Å². The van der Waals surface area contributed by atoms with Crippen molar-refractivity contribution in [3.05, 3.63) is 29.5 Å². The lowest BCUT2D eigenvalue weighted by atomic mass is 9.89. The first-order valence-corrected chi connectivity index (χ1v) is 7.16. The number of aromatic nitrogens is 1. The highest BCUT2D eigenvalue weighted by atomic mass is 16.4. The molecule has 0 spiro atoms. The van der Waals surface area contributed by atoms with E-state index in [1.165, 1.54) is 7.05 Å². The first-order chi connectivity index (χ1) is 11.0. The first kappa shape index (κ1) is 13.6. The third kappa shape index (κ3) is 1.88. The molecule has 1 aromatic carbocycles. The number of fused-ring (bicyclic) bond motifs is 6. The summed E-state index contributed by atoms with van der Waals surface area (Å²) in [5.74, 6) is -0.589. The molecule has 3 N–H and O–H groups in total. The molecule has 1 fully saturated rings. The molecular formula is C15H14N4O4.